The molecule has 0 spiro atoms. The molecule has 1 aliphatic rings. The zero-order valence-corrected chi connectivity index (χ0v) is 8.00. The summed E-state index contributed by atoms with van der Waals surface area (Å²) in [6.45, 7) is 0. The molecule has 0 unspecified atom stereocenters. The van der Waals surface area contributed by atoms with Crippen LogP contribution >= 0.6 is 11.6 Å². The third-order valence-corrected chi connectivity index (χ3v) is 4.85. The maximum absolute atomic E-state index is 11.3. The monoisotopic (exact) mass is 196 g/mol. The predicted octanol–water partition coefficient (Wildman–Crippen LogP) is 1.58. The van der Waals surface area contributed by atoms with Crippen molar-refractivity contribution >= 4 is 21.4 Å². The average molecular weight is 197 g/mol. The van der Waals surface area contributed by atoms with E-state index in [1.165, 1.54) is 0 Å². The number of alkyl halides is 1. The fourth-order valence-electron chi connectivity index (χ4n) is 1.52. The Balaban J connectivity index is 2.56. The van der Waals surface area contributed by atoms with E-state index >= 15 is 0 Å². The molecular formula is C7H13ClO2S. The van der Waals surface area contributed by atoms with E-state index in [-0.39, 0.29) is 16.9 Å². The maximum atomic E-state index is 11.3. The summed E-state index contributed by atoms with van der Waals surface area (Å²) in [6.07, 6.45) is 3.82. The second kappa shape index (κ2) is 3.76. The molecule has 0 N–H and O–H groups in total. The van der Waals surface area contributed by atoms with Gasteiger partial charge in [-0.05, 0) is 12.8 Å². The molecule has 1 aliphatic carbocycles. The first kappa shape index (κ1) is 9.33. The van der Waals surface area contributed by atoms with Crippen molar-refractivity contribution in [2.24, 2.45) is 0 Å². The lowest BCUT2D eigenvalue weighted by molar-refractivity contribution is 0.581. The van der Waals surface area contributed by atoms with Gasteiger partial charge in [0.2, 0.25) is 0 Å². The molecule has 0 aromatic heterocycles. The number of hydrogen-bond acceptors (Lipinski definition) is 2. The zero-order chi connectivity index (χ0) is 8.32. The molecule has 0 atom stereocenters. The molecular weight excluding hydrogens is 184 g/mol. The lowest BCUT2D eigenvalue weighted by Crippen LogP contribution is -2.21. The van der Waals surface area contributed by atoms with E-state index in [2.05, 4.69) is 0 Å². The van der Waals surface area contributed by atoms with Crippen molar-refractivity contribution in [2.75, 3.05) is 11.6 Å². The van der Waals surface area contributed by atoms with Gasteiger partial charge < -0.3 is 0 Å². The molecule has 11 heavy (non-hydrogen) atoms. The second-order valence-electron chi connectivity index (χ2n) is 2.96. The highest BCUT2D eigenvalue weighted by molar-refractivity contribution is 7.92. The van der Waals surface area contributed by atoms with Crippen LogP contribution in [0.3, 0.4) is 0 Å². The molecule has 0 aromatic rings. The van der Waals surface area contributed by atoms with Gasteiger partial charge in [0.1, 0.15) is 0 Å². The fraction of sp³-hybridized carbons (Fsp3) is 1.00. The van der Waals surface area contributed by atoms with Gasteiger partial charge in [0, 0.05) is 5.88 Å². The SMILES string of the molecule is O=S(=O)(CCCl)C1CCCC1. The van der Waals surface area contributed by atoms with E-state index in [1.54, 1.807) is 0 Å². The summed E-state index contributed by atoms with van der Waals surface area (Å²) in [4.78, 5) is 0. The van der Waals surface area contributed by atoms with E-state index in [9.17, 15) is 8.42 Å². The van der Waals surface area contributed by atoms with Gasteiger partial charge in [0.05, 0.1) is 11.0 Å². The Morgan fingerprint density at radius 2 is 1.82 bits per heavy atom. The molecule has 1 saturated carbocycles. The Bertz CT molecular complexity index is 204. The van der Waals surface area contributed by atoms with Gasteiger partial charge >= 0.3 is 0 Å². The molecule has 66 valence electrons. The van der Waals surface area contributed by atoms with Crippen LogP contribution < -0.4 is 0 Å². The quantitative estimate of drug-likeness (QED) is 0.643. The molecule has 4 heteroatoms. The maximum Gasteiger partial charge on any atom is 0.154 e. The molecule has 0 bridgehead atoms. The average Bonchev–Trinajstić information content (AvgIpc) is 2.37. The molecule has 2 nitrogen and oxygen atoms in total. The van der Waals surface area contributed by atoms with Gasteiger partial charge in [0.15, 0.2) is 9.84 Å². The van der Waals surface area contributed by atoms with Crippen LogP contribution in [0.1, 0.15) is 25.7 Å². The van der Waals surface area contributed by atoms with E-state index in [4.69, 9.17) is 11.6 Å². The lowest BCUT2D eigenvalue weighted by atomic mass is 10.4. The molecule has 0 aliphatic heterocycles. The summed E-state index contributed by atoms with van der Waals surface area (Å²) in [7, 11) is -2.84. The van der Waals surface area contributed by atoms with Crippen LogP contribution in [0, 0.1) is 0 Å². The summed E-state index contributed by atoms with van der Waals surface area (Å²) in [6, 6.07) is 0. The van der Waals surface area contributed by atoms with Crippen LogP contribution in [0.5, 0.6) is 0 Å². The molecule has 0 radical (unpaired) electrons. The lowest BCUT2D eigenvalue weighted by Gasteiger charge is -2.08. The minimum Gasteiger partial charge on any atom is -0.229 e. The highest BCUT2D eigenvalue weighted by Crippen LogP contribution is 2.25. The van der Waals surface area contributed by atoms with Gasteiger partial charge in [-0.1, -0.05) is 12.8 Å². The summed E-state index contributed by atoms with van der Waals surface area (Å²) in [5.41, 5.74) is 0. The third-order valence-electron chi connectivity index (χ3n) is 2.17. The molecule has 0 heterocycles. The molecule has 1 fully saturated rings. The standard InChI is InChI=1S/C7H13ClO2S/c8-5-6-11(9,10)7-3-1-2-4-7/h7H,1-6H2. The van der Waals surface area contributed by atoms with Gasteiger partial charge in [-0.15, -0.1) is 11.6 Å². The Hall–Kier alpha value is 0.240. The smallest absolute Gasteiger partial charge is 0.154 e. The van der Waals surface area contributed by atoms with Crippen LogP contribution in [0.2, 0.25) is 0 Å². The Morgan fingerprint density at radius 3 is 2.27 bits per heavy atom. The normalized spacial score (nSPS) is 20.8. The van der Waals surface area contributed by atoms with Crippen LogP contribution in [-0.2, 0) is 9.84 Å². The van der Waals surface area contributed by atoms with E-state index in [0.29, 0.717) is 0 Å². The predicted molar refractivity (Wildman–Crippen MR) is 46.8 cm³/mol. The van der Waals surface area contributed by atoms with Crippen LogP contribution in [-0.4, -0.2) is 25.3 Å². The van der Waals surface area contributed by atoms with Crippen LogP contribution in [0.15, 0.2) is 0 Å². The first-order valence-corrected chi connectivity index (χ1v) is 6.19. The number of halogens is 1. The zero-order valence-electron chi connectivity index (χ0n) is 6.42. The van der Waals surface area contributed by atoms with Crippen molar-refractivity contribution in [3.63, 3.8) is 0 Å². The number of rotatable bonds is 3. The van der Waals surface area contributed by atoms with Gasteiger partial charge in [0.25, 0.3) is 0 Å². The van der Waals surface area contributed by atoms with Crippen LogP contribution in [0.25, 0.3) is 0 Å². The van der Waals surface area contributed by atoms with Gasteiger partial charge in [-0.2, -0.15) is 0 Å². The van der Waals surface area contributed by atoms with Crippen molar-refractivity contribution in [1.82, 2.24) is 0 Å². The van der Waals surface area contributed by atoms with Crippen molar-refractivity contribution in [1.29, 1.82) is 0 Å². The topological polar surface area (TPSA) is 34.1 Å². The molecule has 0 aromatic carbocycles. The first-order valence-electron chi connectivity index (χ1n) is 3.94. The number of hydrogen-bond donors (Lipinski definition) is 0. The third kappa shape index (κ3) is 2.34. The first-order chi connectivity index (χ1) is 5.17. The summed E-state index contributed by atoms with van der Waals surface area (Å²) < 4.78 is 22.7. The van der Waals surface area contributed by atoms with Gasteiger partial charge in [-0.25, -0.2) is 8.42 Å². The molecule has 0 saturated heterocycles. The summed E-state index contributed by atoms with van der Waals surface area (Å²) in [5.74, 6) is 0.387. The summed E-state index contributed by atoms with van der Waals surface area (Å²) in [5, 5.41) is -0.0822. The molecule has 0 amide bonds. The van der Waals surface area contributed by atoms with Crippen LogP contribution in [0.4, 0.5) is 0 Å². The van der Waals surface area contributed by atoms with Crippen molar-refractivity contribution in [3.05, 3.63) is 0 Å². The second-order valence-corrected chi connectivity index (χ2v) is 5.74. The summed E-state index contributed by atoms with van der Waals surface area (Å²) >= 11 is 5.39. The Labute approximate surface area is 72.9 Å². The van der Waals surface area contributed by atoms with E-state index in [1.807, 2.05) is 0 Å². The molecule has 1 rings (SSSR count). The highest BCUT2D eigenvalue weighted by atomic mass is 35.5. The highest BCUT2D eigenvalue weighted by Gasteiger charge is 2.27. The van der Waals surface area contributed by atoms with Crippen molar-refractivity contribution in [3.8, 4) is 0 Å². The minimum atomic E-state index is -2.84. The fourth-order valence-corrected chi connectivity index (χ4v) is 3.77. The largest absolute Gasteiger partial charge is 0.229 e. The van der Waals surface area contributed by atoms with E-state index in [0.717, 1.165) is 25.7 Å². The Kier molecular flexibility index (Phi) is 3.19. The minimum absolute atomic E-state index is 0.0822. The van der Waals surface area contributed by atoms with E-state index < -0.39 is 9.84 Å². The van der Waals surface area contributed by atoms with Gasteiger partial charge in [-0.3, -0.25) is 0 Å². The Morgan fingerprint density at radius 1 is 1.27 bits per heavy atom. The number of sulfone groups is 1. The van der Waals surface area contributed by atoms with Crippen molar-refractivity contribution < 1.29 is 8.42 Å². The van der Waals surface area contributed by atoms with Crippen molar-refractivity contribution in [2.45, 2.75) is 30.9 Å².